The third-order valence-electron chi connectivity index (χ3n) is 4.26. The van der Waals surface area contributed by atoms with Crippen LogP contribution in [0.15, 0.2) is 54.6 Å². The number of terminal acetylenes is 1. The van der Waals surface area contributed by atoms with Gasteiger partial charge < -0.3 is 4.74 Å². The van der Waals surface area contributed by atoms with Crippen molar-refractivity contribution in [3.05, 3.63) is 65.3 Å². The predicted molar refractivity (Wildman–Crippen MR) is 111 cm³/mol. The van der Waals surface area contributed by atoms with Crippen molar-refractivity contribution in [2.45, 2.75) is 12.8 Å². The number of carbonyl (C=O) groups excluding carboxylic acids is 1. The Labute approximate surface area is 174 Å². The normalized spacial score (nSPS) is 10.4. The molecular formula is C22H20ClN3O3. The van der Waals surface area contributed by atoms with Gasteiger partial charge in [-0.2, -0.15) is 5.10 Å². The standard InChI is InChI=1S/C22H20ClN3O3/c1-3-14-29-20-11-9-19(10-12-20)26-21(16-4-6-17(23)7-5-16)15-18(24-26)8-13-22(27)25(2)28/h1,4-7,9-12,15,28H,8,13-14H2,2H3. The smallest absolute Gasteiger partial charge is 0.246 e. The number of amides is 1. The topological polar surface area (TPSA) is 67.6 Å². The number of hydrogen-bond acceptors (Lipinski definition) is 4. The summed E-state index contributed by atoms with van der Waals surface area (Å²) in [6.45, 7) is 0.203. The fraction of sp³-hybridized carbons (Fsp3) is 0.182. The van der Waals surface area contributed by atoms with Crippen LogP contribution < -0.4 is 4.74 Å². The molecule has 0 aliphatic rings. The van der Waals surface area contributed by atoms with Crippen LogP contribution in [0.1, 0.15) is 12.1 Å². The molecule has 1 amide bonds. The maximum atomic E-state index is 11.7. The van der Waals surface area contributed by atoms with E-state index in [1.807, 2.05) is 54.6 Å². The number of carbonyl (C=O) groups is 1. The summed E-state index contributed by atoms with van der Waals surface area (Å²) in [5, 5.41) is 15.1. The van der Waals surface area contributed by atoms with E-state index >= 15 is 0 Å². The van der Waals surface area contributed by atoms with Gasteiger partial charge in [0.1, 0.15) is 12.4 Å². The van der Waals surface area contributed by atoms with E-state index in [2.05, 4.69) is 11.0 Å². The lowest BCUT2D eigenvalue weighted by Gasteiger charge is -2.09. The molecule has 0 aliphatic heterocycles. The number of ether oxygens (including phenoxy) is 1. The monoisotopic (exact) mass is 409 g/mol. The molecule has 0 unspecified atom stereocenters. The van der Waals surface area contributed by atoms with Crippen LogP contribution in [0.25, 0.3) is 16.9 Å². The van der Waals surface area contributed by atoms with Crippen LogP contribution in [0.4, 0.5) is 0 Å². The van der Waals surface area contributed by atoms with Crippen LogP contribution in [0.3, 0.4) is 0 Å². The number of hydroxylamine groups is 2. The first-order chi connectivity index (χ1) is 14.0. The van der Waals surface area contributed by atoms with Gasteiger partial charge in [0.05, 0.1) is 17.1 Å². The van der Waals surface area contributed by atoms with Crippen molar-refractivity contribution in [3.8, 4) is 35.0 Å². The molecule has 0 radical (unpaired) electrons. The van der Waals surface area contributed by atoms with Gasteiger partial charge in [-0.3, -0.25) is 10.0 Å². The molecule has 148 valence electrons. The van der Waals surface area contributed by atoms with Crippen LogP contribution >= 0.6 is 11.6 Å². The van der Waals surface area contributed by atoms with Crippen LogP contribution in [-0.2, 0) is 11.2 Å². The molecule has 0 fully saturated rings. The minimum Gasteiger partial charge on any atom is -0.481 e. The summed E-state index contributed by atoms with van der Waals surface area (Å²) in [6, 6.07) is 16.8. The van der Waals surface area contributed by atoms with Gasteiger partial charge in [0.15, 0.2) is 0 Å². The van der Waals surface area contributed by atoms with Crippen molar-refractivity contribution >= 4 is 17.5 Å². The predicted octanol–water partition coefficient (Wildman–Crippen LogP) is 3.98. The number of aryl methyl sites for hydroxylation is 1. The molecule has 1 N–H and O–H groups in total. The van der Waals surface area contributed by atoms with E-state index < -0.39 is 0 Å². The van der Waals surface area contributed by atoms with Gasteiger partial charge in [0.25, 0.3) is 0 Å². The molecule has 3 aromatic rings. The number of hydrogen-bond donors (Lipinski definition) is 1. The van der Waals surface area contributed by atoms with Gasteiger partial charge in [-0.15, -0.1) is 6.42 Å². The Morgan fingerprint density at radius 1 is 1.24 bits per heavy atom. The maximum absolute atomic E-state index is 11.7. The number of nitrogens with zero attached hydrogens (tertiary/aromatic N) is 3. The Hall–Kier alpha value is -3.27. The summed E-state index contributed by atoms with van der Waals surface area (Å²) < 4.78 is 7.22. The second-order valence-corrected chi connectivity index (χ2v) is 6.78. The summed E-state index contributed by atoms with van der Waals surface area (Å²) in [4.78, 5) is 11.7. The van der Waals surface area contributed by atoms with E-state index in [4.69, 9.17) is 22.8 Å². The highest BCUT2D eigenvalue weighted by Crippen LogP contribution is 2.27. The summed E-state index contributed by atoms with van der Waals surface area (Å²) in [5.41, 5.74) is 3.36. The quantitative estimate of drug-likeness (QED) is 0.364. The van der Waals surface area contributed by atoms with Crippen molar-refractivity contribution in [2.75, 3.05) is 13.7 Å². The van der Waals surface area contributed by atoms with E-state index in [1.165, 1.54) is 7.05 Å². The summed E-state index contributed by atoms with van der Waals surface area (Å²) in [5.74, 6) is 2.73. The molecule has 7 heteroatoms. The molecule has 0 saturated heterocycles. The summed E-state index contributed by atoms with van der Waals surface area (Å²) >= 11 is 6.02. The van der Waals surface area contributed by atoms with Gasteiger partial charge in [0.2, 0.25) is 5.91 Å². The summed E-state index contributed by atoms with van der Waals surface area (Å²) in [6.07, 6.45) is 5.78. The zero-order chi connectivity index (χ0) is 20.8. The Morgan fingerprint density at radius 3 is 2.55 bits per heavy atom. The molecule has 1 heterocycles. The van der Waals surface area contributed by atoms with Gasteiger partial charge in [-0.25, -0.2) is 9.75 Å². The van der Waals surface area contributed by atoms with E-state index in [9.17, 15) is 10.0 Å². The zero-order valence-electron chi connectivity index (χ0n) is 15.9. The number of halogens is 1. The molecule has 0 bridgehead atoms. The molecule has 3 rings (SSSR count). The summed E-state index contributed by atoms with van der Waals surface area (Å²) in [7, 11) is 1.31. The Balaban J connectivity index is 1.94. The molecule has 0 spiro atoms. The molecule has 2 aromatic carbocycles. The van der Waals surface area contributed by atoms with E-state index in [0.29, 0.717) is 22.3 Å². The van der Waals surface area contributed by atoms with Crippen molar-refractivity contribution in [2.24, 2.45) is 0 Å². The lowest BCUT2D eigenvalue weighted by atomic mass is 10.1. The average Bonchev–Trinajstić information content (AvgIpc) is 3.15. The lowest BCUT2D eigenvalue weighted by Crippen LogP contribution is -2.22. The fourth-order valence-corrected chi connectivity index (χ4v) is 2.91. The Bertz CT molecular complexity index is 1020. The molecular weight excluding hydrogens is 390 g/mol. The molecule has 6 nitrogen and oxygen atoms in total. The van der Waals surface area contributed by atoms with Crippen molar-refractivity contribution in [1.29, 1.82) is 0 Å². The second kappa shape index (κ2) is 9.28. The average molecular weight is 410 g/mol. The van der Waals surface area contributed by atoms with Gasteiger partial charge in [-0.1, -0.05) is 29.7 Å². The van der Waals surface area contributed by atoms with E-state index in [0.717, 1.165) is 22.6 Å². The van der Waals surface area contributed by atoms with Crippen LogP contribution in [0.2, 0.25) is 5.02 Å². The first kappa shape index (κ1) is 20.5. The third-order valence-corrected chi connectivity index (χ3v) is 4.51. The third kappa shape index (κ3) is 5.17. The largest absolute Gasteiger partial charge is 0.481 e. The number of aromatic nitrogens is 2. The number of rotatable bonds is 7. The molecule has 1 aromatic heterocycles. The Kier molecular flexibility index (Phi) is 6.55. The zero-order valence-corrected chi connectivity index (χ0v) is 16.6. The van der Waals surface area contributed by atoms with Gasteiger partial charge in [-0.05, 0) is 42.5 Å². The first-order valence-electron chi connectivity index (χ1n) is 8.95. The van der Waals surface area contributed by atoms with E-state index in [-0.39, 0.29) is 18.9 Å². The molecule has 0 saturated carbocycles. The SMILES string of the molecule is C#CCOc1ccc(-n2nc(CCC(=O)N(C)O)cc2-c2ccc(Cl)cc2)cc1. The highest BCUT2D eigenvalue weighted by Gasteiger charge is 2.14. The highest BCUT2D eigenvalue weighted by molar-refractivity contribution is 6.30. The van der Waals surface area contributed by atoms with Crippen LogP contribution in [-0.4, -0.2) is 39.6 Å². The van der Waals surface area contributed by atoms with Gasteiger partial charge >= 0.3 is 0 Å². The second-order valence-electron chi connectivity index (χ2n) is 6.34. The number of benzene rings is 2. The molecule has 0 atom stereocenters. The van der Waals surface area contributed by atoms with Crippen LogP contribution in [0, 0.1) is 12.3 Å². The minimum atomic E-state index is -0.373. The van der Waals surface area contributed by atoms with E-state index in [1.54, 1.807) is 4.68 Å². The maximum Gasteiger partial charge on any atom is 0.246 e. The van der Waals surface area contributed by atoms with Crippen molar-refractivity contribution in [3.63, 3.8) is 0 Å². The first-order valence-corrected chi connectivity index (χ1v) is 9.32. The van der Waals surface area contributed by atoms with Crippen molar-refractivity contribution < 1.29 is 14.7 Å². The lowest BCUT2D eigenvalue weighted by molar-refractivity contribution is -0.159. The fourth-order valence-electron chi connectivity index (χ4n) is 2.78. The Morgan fingerprint density at radius 2 is 1.93 bits per heavy atom. The molecule has 29 heavy (non-hydrogen) atoms. The minimum absolute atomic E-state index is 0.156. The van der Waals surface area contributed by atoms with Crippen LogP contribution in [0.5, 0.6) is 5.75 Å². The van der Waals surface area contributed by atoms with Crippen molar-refractivity contribution in [1.82, 2.24) is 14.8 Å². The highest BCUT2D eigenvalue weighted by atomic mass is 35.5. The molecule has 0 aliphatic carbocycles. The van der Waals surface area contributed by atoms with Gasteiger partial charge in [0, 0.05) is 30.5 Å².